The Kier molecular flexibility index (Phi) is 3.98. The molecular formula is C8H14N4O2S. The summed E-state index contributed by atoms with van der Waals surface area (Å²) in [5.41, 5.74) is 0.860. The predicted molar refractivity (Wildman–Crippen MR) is 57.8 cm³/mol. The van der Waals surface area contributed by atoms with Crippen molar-refractivity contribution in [3.63, 3.8) is 0 Å². The summed E-state index contributed by atoms with van der Waals surface area (Å²) in [6.45, 7) is 2.34. The molecule has 3 N–H and O–H groups in total. The second-order valence-corrected chi connectivity index (χ2v) is 4.90. The average Bonchev–Trinajstić information content (AvgIpc) is 2.11. The number of aryl methyl sites for hydroxylation is 1. The van der Waals surface area contributed by atoms with Gasteiger partial charge in [0.2, 0.25) is 16.0 Å². The van der Waals surface area contributed by atoms with E-state index in [0.29, 0.717) is 18.9 Å². The zero-order valence-electron chi connectivity index (χ0n) is 8.47. The van der Waals surface area contributed by atoms with Crippen molar-refractivity contribution in [1.29, 1.82) is 0 Å². The highest BCUT2D eigenvalue weighted by Gasteiger charge is 2.01. The van der Waals surface area contributed by atoms with Gasteiger partial charge >= 0.3 is 0 Å². The van der Waals surface area contributed by atoms with Gasteiger partial charge in [-0.15, -0.1) is 0 Å². The Balaban J connectivity index is 2.32. The first-order valence-electron chi connectivity index (χ1n) is 4.51. The van der Waals surface area contributed by atoms with Crippen molar-refractivity contribution in [2.75, 3.05) is 17.6 Å². The number of anilines is 1. The molecule has 0 saturated heterocycles. The van der Waals surface area contributed by atoms with Crippen LogP contribution in [0.15, 0.2) is 12.3 Å². The van der Waals surface area contributed by atoms with Crippen LogP contribution in [0.4, 0.5) is 5.95 Å². The molecule has 0 spiro atoms. The Hall–Kier alpha value is -1.21. The maximum absolute atomic E-state index is 10.6. The van der Waals surface area contributed by atoms with Gasteiger partial charge in [-0.1, -0.05) is 0 Å². The number of primary sulfonamides is 1. The van der Waals surface area contributed by atoms with Crippen LogP contribution in [0, 0.1) is 6.92 Å². The van der Waals surface area contributed by atoms with Gasteiger partial charge in [0.25, 0.3) is 0 Å². The predicted octanol–water partition coefficient (Wildman–Crippen LogP) is -0.124. The van der Waals surface area contributed by atoms with Gasteiger partial charge in [-0.2, -0.15) is 0 Å². The van der Waals surface area contributed by atoms with Crippen molar-refractivity contribution in [1.82, 2.24) is 9.97 Å². The van der Waals surface area contributed by atoms with Crippen LogP contribution in [-0.2, 0) is 10.0 Å². The van der Waals surface area contributed by atoms with Gasteiger partial charge in [0.1, 0.15) is 0 Å². The third-order valence-electron chi connectivity index (χ3n) is 1.68. The molecule has 7 heteroatoms. The first-order chi connectivity index (χ1) is 6.97. The normalized spacial score (nSPS) is 11.3. The fourth-order valence-electron chi connectivity index (χ4n) is 1.01. The van der Waals surface area contributed by atoms with E-state index in [1.807, 2.05) is 6.92 Å². The second kappa shape index (κ2) is 5.04. The van der Waals surface area contributed by atoms with E-state index in [0.717, 1.165) is 5.69 Å². The van der Waals surface area contributed by atoms with Crippen LogP contribution in [0.5, 0.6) is 0 Å². The van der Waals surface area contributed by atoms with E-state index in [-0.39, 0.29) is 5.75 Å². The molecule has 0 aliphatic carbocycles. The molecule has 0 radical (unpaired) electrons. The Morgan fingerprint density at radius 2 is 2.27 bits per heavy atom. The molecule has 0 aliphatic rings. The summed E-state index contributed by atoms with van der Waals surface area (Å²) in [5.74, 6) is 0.468. The lowest BCUT2D eigenvalue weighted by Gasteiger charge is -2.03. The van der Waals surface area contributed by atoms with E-state index >= 15 is 0 Å². The van der Waals surface area contributed by atoms with E-state index in [1.165, 1.54) is 0 Å². The molecule has 1 aromatic rings. The van der Waals surface area contributed by atoms with E-state index in [1.54, 1.807) is 12.3 Å². The number of hydrogen-bond acceptors (Lipinski definition) is 5. The van der Waals surface area contributed by atoms with E-state index in [4.69, 9.17) is 5.14 Å². The van der Waals surface area contributed by atoms with Crippen molar-refractivity contribution in [3.8, 4) is 0 Å². The van der Waals surface area contributed by atoms with Crippen LogP contribution in [0.1, 0.15) is 12.1 Å². The highest BCUT2D eigenvalue weighted by Crippen LogP contribution is 1.98. The standard InChI is InChI=1S/C8H14N4O2S/c1-7-3-5-11-8(12-7)10-4-2-6-15(9,13)14/h3,5H,2,4,6H2,1H3,(H2,9,13,14)(H,10,11,12). The Morgan fingerprint density at radius 3 is 2.87 bits per heavy atom. The van der Waals surface area contributed by atoms with Crippen molar-refractivity contribution in [2.45, 2.75) is 13.3 Å². The van der Waals surface area contributed by atoms with Crippen molar-refractivity contribution < 1.29 is 8.42 Å². The Bertz CT molecular complexity index is 418. The zero-order valence-corrected chi connectivity index (χ0v) is 9.29. The molecule has 0 aliphatic heterocycles. The Labute approximate surface area is 89.0 Å². The van der Waals surface area contributed by atoms with Gasteiger partial charge in [-0.05, 0) is 19.4 Å². The molecule has 1 heterocycles. The van der Waals surface area contributed by atoms with Crippen LogP contribution >= 0.6 is 0 Å². The molecule has 15 heavy (non-hydrogen) atoms. The summed E-state index contributed by atoms with van der Waals surface area (Å²) in [4.78, 5) is 8.07. The quantitative estimate of drug-likeness (QED) is 0.687. The van der Waals surface area contributed by atoms with E-state index in [9.17, 15) is 8.42 Å². The number of nitrogens with zero attached hydrogens (tertiary/aromatic N) is 2. The van der Waals surface area contributed by atoms with E-state index in [2.05, 4.69) is 15.3 Å². The van der Waals surface area contributed by atoms with Crippen LogP contribution in [0.3, 0.4) is 0 Å². The van der Waals surface area contributed by atoms with Gasteiger partial charge in [-0.3, -0.25) is 0 Å². The minimum Gasteiger partial charge on any atom is -0.354 e. The lowest BCUT2D eigenvalue weighted by atomic mass is 10.4. The number of rotatable bonds is 5. The molecule has 0 bridgehead atoms. The smallest absolute Gasteiger partial charge is 0.222 e. The zero-order chi connectivity index (χ0) is 11.3. The topological polar surface area (TPSA) is 98.0 Å². The van der Waals surface area contributed by atoms with Crippen molar-refractivity contribution in [2.24, 2.45) is 5.14 Å². The molecule has 0 fully saturated rings. The van der Waals surface area contributed by atoms with Gasteiger partial charge < -0.3 is 5.32 Å². The highest BCUT2D eigenvalue weighted by molar-refractivity contribution is 7.89. The number of hydrogen-bond donors (Lipinski definition) is 2. The largest absolute Gasteiger partial charge is 0.354 e. The second-order valence-electron chi connectivity index (χ2n) is 3.17. The average molecular weight is 230 g/mol. The Morgan fingerprint density at radius 1 is 1.53 bits per heavy atom. The molecule has 0 atom stereocenters. The maximum Gasteiger partial charge on any atom is 0.222 e. The highest BCUT2D eigenvalue weighted by atomic mass is 32.2. The molecule has 1 rings (SSSR count). The number of nitrogens with one attached hydrogen (secondary N) is 1. The van der Waals surface area contributed by atoms with Gasteiger partial charge in [0.15, 0.2) is 0 Å². The maximum atomic E-state index is 10.6. The van der Waals surface area contributed by atoms with Crippen molar-refractivity contribution >= 4 is 16.0 Å². The summed E-state index contributed by atoms with van der Waals surface area (Å²) in [6.07, 6.45) is 2.08. The minimum atomic E-state index is -3.37. The first-order valence-corrected chi connectivity index (χ1v) is 6.23. The monoisotopic (exact) mass is 230 g/mol. The van der Waals surface area contributed by atoms with Gasteiger partial charge in [0, 0.05) is 18.4 Å². The van der Waals surface area contributed by atoms with Crippen molar-refractivity contribution in [3.05, 3.63) is 18.0 Å². The molecule has 84 valence electrons. The van der Waals surface area contributed by atoms with E-state index < -0.39 is 10.0 Å². The van der Waals surface area contributed by atoms with Crippen LogP contribution in [-0.4, -0.2) is 30.7 Å². The van der Waals surface area contributed by atoms with Gasteiger partial charge in [0.05, 0.1) is 5.75 Å². The lowest BCUT2D eigenvalue weighted by molar-refractivity contribution is 0.595. The molecule has 0 unspecified atom stereocenters. The number of nitrogens with two attached hydrogens (primary N) is 1. The summed E-state index contributed by atoms with van der Waals surface area (Å²) >= 11 is 0. The fourth-order valence-corrected chi connectivity index (χ4v) is 1.55. The first kappa shape index (κ1) is 11.9. The number of sulfonamides is 1. The van der Waals surface area contributed by atoms with Gasteiger partial charge in [-0.25, -0.2) is 23.5 Å². The summed E-state index contributed by atoms with van der Waals surface area (Å²) in [7, 11) is -3.37. The summed E-state index contributed by atoms with van der Waals surface area (Å²) < 4.78 is 21.2. The molecule has 6 nitrogen and oxygen atoms in total. The molecular weight excluding hydrogens is 216 g/mol. The summed E-state index contributed by atoms with van der Waals surface area (Å²) in [5, 5.41) is 7.77. The molecule has 0 amide bonds. The molecule has 0 saturated carbocycles. The fraction of sp³-hybridized carbons (Fsp3) is 0.500. The summed E-state index contributed by atoms with van der Waals surface area (Å²) in [6, 6.07) is 1.79. The molecule has 0 aromatic carbocycles. The third-order valence-corrected chi connectivity index (χ3v) is 2.54. The van der Waals surface area contributed by atoms with Crippen LogP contribution in [0.2, 0.25) is 0 Å². The molecule has 1 aromatic heterocycles. The third kappa shape index (κ3) is 5.28. The van der Waals surface area contributed by atoms with Crippen LogP contribution in [0.25, 0.3) is 0 Å². The van der Waals surface area contributed by atoms with Crippen LogP contribution < -0.4 is 10.5 Å². The number of aromatic nitrogens is 2. The minimum absolute atomic E-state index is 0.0359. The lowest BCUT2D eigenvalue weighted by Crippen LogP contribution is -2.19. The SMILES string of the molecule is Cc1ccnc(NCCCS(N)(=O)=O)n1.